The van der Waals surface area contributed by atoms with Crippen LogP contribution in [0.1, 0.15) is 17.2 Å². The Hall–Kier alpha value is -2.33. The van der Waals surface area contributed by atoms with E-state index in [0.29, 0.717) is 0 Å². The van der Waals surface area contributed by atoms with Crippen LogP contribution in [0.4, 0.5) is 5.69 Å². The van der Waals surface area contributed by atoms with Crippen LogP contribution in [-0.2, 0) is 4.84 Å². The van der Waals surface area contributed by atoms with Gasteiger partial charge in [-0.25, -0.2) is 0 Å². The fourth-order valence-corrected chi connectivity index (χ4v) is 1.88. The third-order valence-corrected chi connectivity index (χ3v) is 2.87. The number of hydrogen-bond donors (Lipinski definition) is 2. The average molecular weight is 239 g/mol. The number of pyridine rings is 1. The molecule has 0 spiro atoms. The molecule has 2 heterocycles. The third-order valence-electron chi connectivity index (χ3n) is 2.87. The zero-order chi connectivity index (χ0) is 12.4. The Morgan fingerprint density at radius 2 is 1.78 bits per heavy atom. The molecule has 3 rings (SSSR count). The van der Waals surface area contributed by atoms with Crippen LogP contribution in [0.25, 0.3) is 5.70 Å². The first-order valence-electron chi connectivity index (χ1n) is 5.72. The summed E-state index contributed by atoms with van der Waals surface area (Å²) in [6.45, 7) is 0. The Bertz CT molecular complexity index is 563. The highest BCUT2D eigenvalue weighted by Gasteiger charge is 2.18. The van der Waals surface area contributed by atoms with Crippen molar-refractivity contribution in [3.8, 4) is 0 Å². The lowest BCUT2D eigenvalue weighted by Gasteiger charge is -2.06. The van der Waals surface area contributed by atoms with Gasteiger partial charge in [0.2, 0.25) is 0 Å². The van der Waals surface area contributed by atoms with E-state index in [1.165, 1.54) is 0 Å². The molecule has 1 atom stereocenters. The van der Waals surface area contributed by atoms with Crippen LogP contribution in [0.5, 0.6) is 0 Å². The van der Waals surface area contributed by atoms with E-state index < -0.39 is 0 Å². The zero-order valence-corrected chi connectivity index (χ0v) is 9.71. The Morgan fingerprint density at radius 3 is 2.50 bits per heavy atom. The summed E-state index contributed by atoms with van der Waals surface area (Å²) in [5, 5.41) is 0. The molecule has 0 aliphatic carbocycles. The van der Waals surface area contributed by atoms with Crippen LogP contribution in [0.3, 0.4) is 0 Å². The van der Waals surface area contributed by atoms with Crippen molar-refractivity contribution in [3.63, 3.8) is 0 Å². The number of hydrogen-bond acceptors (Lipinski definition) is 4. The normalized spacial score (nSPS) is 18.2. The zero-order valence-electron chi connectivity index (χ0n) is 9.71. The molecular formula is C14H13N3O. The fraction of sp³-hybridized carbons (Fsp3) is 0.0714. The number of rotatable bonds is 2. The van der Waals surface area contributed by atoms with Crippen LogP contribution < -0.4 is 11.2 Å². The molecule has 2 aromatic rings. The molecular weight excluding hydrogens is 226 g/mol. The van der Waals surface area contributed by atoms with Gasteiger partial charge in [0.05, 0.1) is 5.70 Å². The highest BCUT2D eigenvalue weighted by atomic mass is 16.7. The van der Waals surface area contributed by atoms with Gasteiger partial charge in [-0.2, -0.15) is 0 Å². The van der Waals surface area contributed by atoms with Crippen LogP contribution in [-0.4, -0.2) is 4.98 Å². The standard InChI is InChI=1S/C14H13N3O/c15-12-3-1-10(2-4-12)13-9-14(18-17-13)11-5-7-16-8-6-11/h1-9,14,17H,15H2. The first kappa shape index (κ1) is 10.8. The number of nitrogens with zero attached hydrogens (tertiary/aromatic N) is 1. The van der Waals surface area contributed by atoms with Crippen LogP contribution in [0.15, 0.2) is 54.9 Å². The van der Waals surface area contributed by atoms with Crippen molar-refractivity contribution in [1.29, 1.82) is 0 Å². The van der Waals surface area contributed by atoms with Crippen molar-refractivity contribution < 1.29 is 4.84 Å². The number of aromatic nitrogens is 1. The van der Waals surface area contributed by atoms with E-state index in [0.717, 1.165) is 22.5 Å². The number of nitrogens with one attached hydrogen (secondary N) is 1. The molecule has 1 aromatic carbocycles. The maximum atomic E-state index is 5.67. The topological polar surface area (TPSA) is 60.2 Å². The van der Waals surface area contributed by atoms with Gasteiger partial charge in [-0.05, 0) is 41.5 Å². The third kappa shape index (κ3) is 2.06. The maximum absolute atomic E-state index is 5.67. The van der Waals surface area contributed by atoms with Gasteiger partial charge in [-0.15, -0.1) is 0 Å². The van der Waals surface area contributed by atoms with Crippen molar-refractivity contribution in [3.05, 3.63) is 66.0 Å². The van der Waals surface area contributed by atoms with Crippen molar-refractivity contribution in [2.24, 2.45) is 0 Å². The number of benzene rings is 1. The summed E-state index contributed by atoms with van der Waals surface area (Å²) in [6, 6.07) is 11.6. The summed E-state index contributed by atoms with van der Waals surface area (Å²) >= 11 is 0. The molecule has 4 nitrogen and oxygen atoms in total. The largest absolute Gasteiger partial charge is 0.399 e. The van der Waals surface area contributed by atoms with Gasteiger partial charge in [0.25, 0.3) is 0 Å². The molecule has 90 valence electrons. The van der Waals surface area contributed by atoms with E-state index in [1.807, 2.05) is 42.5 Å². The van der Waals surface area contributed by atoms with Crippen molar-refractivity contribution in [2.75, 3.05) is 5.73 Å². The molecule has 18 heavy (non-hydrogen) atoms. The molecule has 0 bridgehead atoms. The second-order valence-corrected chi connectivity index (χ2v) is 4.12. The second kappa shape index (κ2) is 4.50. The quantitative estimate of drug-likeness (QED) is 0.789. The summed E-state index contributed by atoms with van der Waals surface area (Å²) in [5.41, 5.74) is 12.4. The first-order valence-corrected chi connectivity index (χ1v) is 5.72. The molecule has 0 amide bonds. The predicted molar refractivity (Wildman–Crippen MR) is 70.0 cm³/mol. The molecule has 1 aliphatic heterocycles. The summed E-state index contributed by atoms with van der Waals surface area (Å²) in [5.74, 6) is 0. The Kier molecular flexibility index (Phi) is 2.70. The van der Waals surface area contributed by atoms with Crippen LogP contribution in [0, 0.1) is 0 Å². The Labute approximate surface area is 105 Å². The van der Waals surface area contributed by atoms with Gasteiger partial charge in [0.1, 0.15) is 6.10 Å². The van der Waals surface area contributed by atoms with E-state index in [2.05, 4.69) is 10.5 Å². The van der Waals surface area contributed by atoms with Gasteiger partial charge in [-0.3, -0.25) is 15.3 Å². The number of hydroxylamine groups is 1. The molecule has 1 unspecified atom stereocenters. The van der Waals surface area contributed by atoms with Gasteiger partial charge in [-0.1, -0.05) is 12.1 Å². The predicted octanol–water partition coefficient (Wildman–Crippen LogP) is 2.28. The maximum Gasteiger partial charge on any atom is 0.131 e. The molecule has 0 saturated heterocycles. The molecule has 0 radical (unpaired) electrons. The van der Waals surface area contributed by atoms with E-state index in [1.54, 1.807) is 12.4 Å². The lowest BCUT2D eigenvalue weighted by molar-refractivity contribution is 0.0510. The van der Waals surface area contributed by atoms with E-state index in [-0.39, 0.29) is 6.10 Å². The monoisotopic (exact) mass is 239 g/mol. The van der Waals surface area contributed by atoms with Crippen molar-refractivity contribution in [2.45, 2.75) is 6.10 Å². The molecule has 0 saturated carbocycles. The van der Waals surface area contributed by atoms with E-state index in [4.69, 9.17) is 10.6 Å². The molecule has 1 aromatic heterocycles. The van der Waals surface area contributed by atoms with Crippen LogP contribution in [0.2, 0.25) is 0 Å². The van der Waals surface area contributed by atoms with E-state index >= 15 is 0 Å². The smallest absolute Gasteiger partial charge is 0.131 e. The highest BCUT2D eigenvalue weighted by molar-refractivity contribution is 5.66. The minimum atomic E-state index is -0.0828. The van der Waals surface area contributed by atoms with Gasteiger partial charge >= 0.3 is 0 Å². The molecule has 3 N–H and O–H groups in total. The van der Waals surface area contributed by atoms with E-state index in [9.17, 15) is 0 Å². The van der Waals surface area contributed by atoms with Crippen LogP contribution >= 0.6 is 0 Å². The molecule has 4 heteroatoms. The summed E-state index contributed by atoms with van der Waals surface area (Å²) in [6.07, 6.45) is 5.48. The Morgan fingerprint density at radius 1 is 1.06 bits per heavy atom. The van der Waals surface area contributed by atoms with Gasteiger partial charge in [0, 0.05) is 18.1 Å². The number of nitrogens with two attached hydrogens (primary N) is 1. The average Bonchev–Trinajstić information content (AvgIpc) is 2.90. The number of nitrogen functional groups attached to an aromatic ring is 1. The van der Waals surface area contributed by atoms with Crippen molar-refractivity contribution in [1.82, 2.24) is 10.5 Å². The first-order chi connectivity index (χ1) is 8.83. The van der Waals surface area contributed by atoms with Gasteiger partial charge in [0.15, 0.2) is 0 Å². The van der Waals surface area contributed by atoms with Crippen molar-refractivity contribution >= 4 is 11.4 Å². The minimum absolute atomic E-state index is 0.0828. The SMILES string of the molecule is Nc1ccc(C2=CC(c3ccncc3)ON2)cc1. The summed E-state index contributed by atoms with van der Waals surface area (Å²) < 4.78 is 0. The Balaban J connectivity index is 1.86. The minimum Gasteiger partial charge on any atom is -0.399 e. The highest BCUT2D eigenvalue weighted by Crippen LogP contribution is 2.28. The summed E-state index contributed by atoms with van der Waals surface area (Å²) in [4.78, 5) is 9.53. The summed E-state index contributed by atoms with van der Waals surface area (Å²) in [7, 11) is 0. The second-order valence-electron chi connectivity index (χ2n) is 4.12. The number of anilines is 1. The lowest BCUT2D eigenvalue weighted by Crippen LogP contribution is -2.07. The van der Waals surface area contributed by atoms with Gasteiger partial charge < -0.3 is 5.73 Å². The molecule has 1 aliphatic rings. The molecule has 0 fully saturated rings. The lowest BCUT2D eigenvalue weighted by atomic mass is 10.1. The fourth-order valence-electron chi connectivity index (χ4n) is 1.88.